The lowest BCUT2D eigenvalue weighted by molar-refractivity contribution is 0.147. The number of benzene rings is 2. The van der Waals surface area contributed by atoms with E-state index in [4.69, 9.17) is 5.73 Å². The van der Waals surface area contributed by atoms with E-state index in [1.807, 2.05) is 29.2 Å². The number of aliphatic hydroxyl groups excluding tert-OH is 1. The van der Waals surface area contributed by atoms with Gasteiger partial charge in [-0.2, -0.15) is 0 Å². The fraction of sp³-hybridized carbons (Fsp3) is 0.368. The minimum Gasteiger partial charge on any atom is -0.389 e. The molecule has 0 unspecified atom stereocenters. The van der Waals surface area contributed by atoms with Crippen LogP contribution in [0.15, 0.2) is 42.5 Å². The Kier molecular flexibility index (Phi) is 4.32. The summed E-state index contributed by atoms with van der Waals surface area (Å²) in [5, 5.41) is 10.5. The predicted octanol–water partition coefficient (Wildman–Crippen LogP) is 3.12. The number of rotatable bonds is 4. The molecule has 24 heavy (non-hydrogen) atoms. The van der Waals surface area contributed by atoms with Crippen molar-refractivity contribution in [1.29, 1.82) is 0 Å². The summed E-state index contributed by atoms with van der Waals surface area (Å²) in [6.07, 6.45) is -0.937. The predicted molar refractivity (Wildman–Crippen MR) is 91.0 cm³/mol. The Labute approximate surface area is 140 Å². The van der Waals surface area contributed by atoms with E-state index in [0.717, 1.165) is 17.3 Å². The highest BCUT2D eigenvalue weighted by Crippen LogP contribution is 2.45. The Balaban J connectivity index is 2.11. The van der Waals surface area contributed by atoms with Crippen LogP contribution in [0.4, 0.5) is 14.5 Å². The van der Waals surface area contributed by atoms with E-state index in [2.05, 4.69) is 13.8 Å². The normalized spacial score (nSPS) is 18.3. The summed E-state index contributed by atoms with van der Waals surface area (Å²) in [7, 11) is 0. The monoisotopic (exact) mass is 332 g/mol. The van der Waals surface area contributed by atoms with Gasteiger partial charge in [-0.15, -0.1) is 0 Å². The first-order chi connectivity index (χ1) is 11.3. The second kappa shape index (κ2) is 6.15. The zero-order chi connectivity index (χ0) is 17.5. The van der Waals surface area contributed by atoms with Gasteiger partial charge in [0.2, 0.25) is 0 Å². The van der Waals surface area contributed by atoms with Crippen LogP contribution in [0.2, 0.25) is 0 Å². The molecule has 5 heteroatoms. The van der Waals surface area contributed by atoms with Gasteiger partial charge in [-0.3, -0.25) is 0 Å². The molecule has 1 heterocycles. The van der Waals surface area contributed by atoms with Gasteiger partial charge in [0.25, 0.3) is 0 Å². The van der Waals surface area contributed by atoms with Crippen molar-refractivity contribution in [3.05, 3.63) is 65.2 Å². The van der Waals surface area contributed by atoms with Crippen LogP contribution >= 0.6 is 0 Å². The molecule has 0 aliphatic carbocycles. The van der Waals surface area contributed by atoms with Gasteiger partial charge < -0.3 is 15.7 Å². The van der Waals surface area contributed by atoms with Crippen molar-refractivity contribution in [3.63, 3.8) is 0 Å². The lowest BCUT2D eigenvalue weighted by atomic mass is 9.87. The summed E-state index contributed by atoms with van der Waals surface area (Å²) < 4.78 is 27.4. The standard InChI is InChI=1S/C19H22F2N2O/c1-19(2)11-23(16-6-4-3-5-15(16)19)18(17(24)10-22)12-7-13(20)9-14(21)8-12/h3-9,17-18,24H,10-11,22H2,1-2H3/t17-,18+/m1/s1. The van der Waals surface area contributed by atoms with Crippen LogP contribution in [0.3, 0.4) is 0 Å². The van der Waals surface area contributed by atoms with Crippen LogP contribution in [0.25, 0.3) is 0 Å². The molecule has 128 valence electrons. The number of nitrogens with zero attached hydrogens (tertiary/aromatic N) is 1. The first-order valence-corrected chi connectivity index (χ1v) is 8.04. The average molecular weight is 332 g/mol. The summed E-state index contributed by atoms with van der Waals surface area (Å²) in [5.41, 5.74) is 8.05. The highest BCUT2D eigenvalue weighted by atomic mass is 19.1. The summed E-state index contributed by atoms with van der Waals surface area (Å²) in [6, 6.07) is 10.7. The molecule has 2 aromatic carbocycles. The molecular formula is C19H22F2N2O. The van der Waals surface area contributed by atoms with Crippen LogP contribution in [-0.2, 0) is 5.41 Å². The SMILES string of the molecule is CC1(C)CN([C@@H](c2cc(F)cc(F)c2)[C@H](O)CN)c2ccccc21. The van der Waals surface area contributed by atoms with Crippen molar-refractivity contribution >= 4 is 5.69 Å². The van der Waals surface area contributed by atoms with Crippen molar-refractivity contribution in [3.8, 4) is 0 Å². The van der Waals surface area contributed by atoms with Gasteiger partial charge >= 0.3 is 0 Å². The van der Waals surface area contributed by atoms with E-state index < -0.39 is 23.8 Å². The summed E-state index contributed by atoms with van der Waals surface area (Å²) in [5.74, 6) is -1.32. The molecular weight excluding hydrogens is 310 g/mol. The van der Waals surface area contributed by atoms with Crippen molar-refractivity contribution in [2.45, 2.75) is 31.4 Å². The second-order valence-electron chi connectivity index (χ2n) is 6.98. The Morgan fingerprint density at radius 1 is 1.17 bits per heavy atom. The number of hydrogen-bond donors (Lipinski definition) is 2. The average Bonchev–Trinajstić information content (AvgIpc) is 2.78. The minimum atomic E-state index is -0.937. The van der Waals surface area contributed by atoms with Crippen molar-refractivity contribution < 1.29 is 13.9 Å². The smallest absolute Gasteiger partial charge is 0.126 e. The first-order valence-electron chi connectivity index (χ1n) is 8.04. The number of hydrogen-bond acceptors (Lipinski definition) is 3. The Hall–Kier alpha value is -1.98. The molecule has 2 aromatic rings. The summed E-state index contributed by atoms with van der Waals surface area (Å²) >= 11 is 0. The first kappa shape index (κ1) is 16.9. The fourth-order valence-electron chi connectivity index (χ4n) is 3.63. The molecule has 1 aliphatic rings. The number of para-hydroxylation sites is 1. The summed E-state index contributed by atoms with van der Waals surface area (Å²) in [4.78, 5) is 2.00. The molecule has 0 amide bonds. The van der Waals surface area contributed by atoms with E-state index in [1.165, 1.54) is 12.1 Å². The number of aliphatic hydroxyl groups is 1. The third-order valence-corrected chi connectivity index (χ3v) is 4.68. The molecule has 0 aromatic heterocycles. The zero-order valence-electron chi connectivity index (χ0n) is 13.8. The van der Waals surface area contributed by atoms with E-state index in [-0.39, 0.29) is 12.0 Å². The van der Waals surface area contributed by atoms with Crippen LogP contribution in [0.5, 0.6) is 0 Å². The molecule has 0 saturated carbocycles. The number of halogens is 2. The molecule has 0 saturated heterocycles. The Bertz CT molecular complexity index is 728. The van der Waals surface area contributed by atoms with Crippen molar-refractivity contribution in [2.24, 2.45) is 5.73 Å². The molecule has 0 spiro atoms. The van der Waals surface area contributed by atoms with Gasteiger partial charge in [-0.1, -0.05) is 32.0 Å². The van der Waals surface area contributed by atoms with Gasteiger partial charge in [0.1, 0.15) is 11.6 Å². The van der Waals surface area contributed by atoms with Crippen LogP contribution < -0.4 is 10.6 Å². The van der Waals surface area contributed by atoms with Gasteiger partial charge in [-0.05, 0) is 29.3 Å². The van der Waals surface area contributed by atoms with Crippen LogP contribution in [0, 0.1) is 11.6 Å². The molecule has 1 aliphatic heterocycles. The Morgan fingerprint density at radius 2 is 1.79 bits per heavy atom. The summed E-state index contributed by atoms with van der Waals surface area (Å²) in [6.45, 7) is 4.86. The molecule has 0 radical (unpaired) electrons. The van der Waals surface area contributed by atoms with Gasteiger partial charge in [0.15, 0.2) is 0 Å². The third-order valence-electron chi connectivity index (χ3n) is 4.68. The lowest BCUT2D eigenvalue weighted by Gasteiger charge is -2.35. The minimum absolute atomic E-state index is 0.00188. The second-order valence-corrected chi connectivity index (χ2v) is 6.98. The molecule has 0 bridgehead atoms. The van der Waals surface area contributed by atoms with Gasteiger partial charge in [0.05, 0.1) is 12.1 Å². The quantitative estimate of drug-likeness (QED) is 0.904. The highest BCUT2D eigenvalue weighted by Gasteiger charge is 2.40. The molecule has 2 atom stereocenters. The van der Waals surface area contributed by atoms with E-state index in [0.29, 0.717) is 12.1 Å². The van der Waals surface area contributed by atoms with Gasteiger partial charge in [0, 0.05) is 30.3 Å². The van der Waals surface area contributed by atoms with Crippen LogP contribution in [0.1, 0.15) is 31.0 Å². The molecule has 3 N–H and O–H groups in total. The maximum atomic E-state index is 13.7. The van der Waals surface area contributed by atoms with E-state index >= 15 is 0 Å². The molecule has 0 fully saturated rings. The zero-order valence-corrected chi connectivity index (χ0v) is 13.8. The van der Waals surface area contributed by atoms with Crippen molar-refractivity contribution in [1.82, 2.24) is 0 Å². The van der Waals surface area contributed by atoms with E-state index in [1.54, 1.807) is 0 Å². The van der Waals surface area contributed by atoms with Gasteiger partial charge in [-0.25, -0.2) is 8.78 Å². The fourth-order valence-corrected chi connectivity index (χ4v) is 3.63. The number of nitrogens with two attached hydrogens (primary N) is 1. The maximum absolute atomic E-state index is 13.7. The lowest BCUT2D eigenvalue weighted by Crippen LogP contribution is -2.41. The van der Waals surface area contributed by atoms with E-state index in [9.17, 15) is 13.9 Å². The largest absolute Gasteiger partial charge is 0.389 e. The topological polar surface area (TPSA) is 49.5 Å². The molecule has 3 rings (SSSR count). The third kappa shape index (κ3) is 2.89. The van der Waals surface area contributed by atoms with Crippen LogP contribution in [-0.4, -0.2) is 24.3 Å². The maximum Gasteiger partial charge on any atom is 0.126 e. The number of fused-ring (bicyclic) bond motifs is 1. The van der Waals surface area contributed by atoms with Crippen molar-refractivity contribution in [2.75, 3.05) is 18.0 Å². The number of anilines is 1. The molecule has 3 nitrogen and oxygen atoms in total. The Morgan fingerprint density at radius 3 is 2.42 bits per heavy atom. The highest BCUT2D eigenvalue weighted by molar-refractivity contribution is 5.63.